The maximum absolute atomic E-state index is 12.0. The average molecular weight is 289 g/mol. The van der Waals surface area contributed by atoms with E-state index >= 15 is 0 Å². The quantitative estimate of drug-likeness (QED) is 0.485. The van der Waals surface area contributed by atoms with Crippen LogP contribution in [0.1, 0.15) is 17.0 Å². The lowest BCUT2D eigenvalue weighted by Gasteiger charge is -2.23. The van der Waals surface area contributed by atoms with Gasteiger partial charge in [0.05, 0.1) is 5.92 Å². The summed E-state index contributed by atoms with van der Waals surface area (Å²) >= 11 is 1.68. The van der Waals surface area contributed by atoms with Crippen LogP contribution >= 0.6 is 11.3 Å². The van der Waals surface area contributed by atoms with Crippen molar-refractivity contribution < 1.29 is 4.79 Å². The van der Waals surface area contributed by atoms with E-state index in [4.69, 9.17) is 5.84 Å². The molecule has 0 aliphatic heterocycles. The molecule has 20 heavy (non-hydrogen) atoms. The Morgan fingerprint density at radius 2 is 2.10 bits per heavy atom. The number of carbonyl (C=O) groups is 1. The van der Waals surface area contributed by atoms with Crippen molar-refractivity contribution in [2.24, 2.45) is 5.84 Å². The zero-order valence-electron chi connectivity index (χ0n) is 11.5. The molecule has 1 aromatic carbocycles. The van der Waals surface area contributed by atoms with Crippen LogP contribution in [0.2, 0.25) is 0 Å². The second kappa shape index (κ2) is 7.19. The van der Waals surface area contributed by atoms with Crippen LogP contribution in [-0.4, -0.2) is 24.4 Å². The van der Waals surface area contributed by atoms with Gasteiger partial charge in [-0.05, 0) is 35.0 Å². The van der Waals surface area contributed by atoms with Crippen LogP contribution in [0, 0.1) is 0 Å². The summed E-state index contributed by atoms with van der Waals surface area (Å²) in [6.45, 7) is 1.45. The smallest absolute Gasteiger partial charge is 0.242 e. The Kier molecular flexibility index (Phi) is 5.29. The molecule has 0 saturated carbocycles. The van der Waals surface area contributed by atoms with Crippen molar-refractivity contribution in [3.63, 3.8) is 0 Å². The fraction of sp³-hybridized carbons (Fsp3) is 0.267. The van der Waals surface area contributed by atoms with E-state index in [-0.39, 0.29) is 11.8 Å². The van der Waals surface area contributed by atoms with Crippen molar-refractivity contribution in [3.8, 4) is 0 Å². The third-order valence-electron chi connectivity index (χ3n) is 3.19. The number of thiophene rings is 1. The van der Waals surface area contributed by atoms with Crippen molar-refractivity contribution in [3.05, 3.63) is 58.3 Å². The first-order chi connectivity index (χ1) is 9.70. The minimum atomic E-state index is -0.259. The minimum Gasteiger partial charge on any atom is -0.301 e. The first-order valence-electron chi connectivity index (χ1n) is 6.45. The summed E-state index contributed by atoms with van der Waals surface area (Å²) in [5, 5.41) is 4.18. The molecule has 1 unspecified atom stereocenters. The molecule has 4 nitrogen and oxygen atoms in total. The summed E-state index contributed by atoms with van der Waals surface area (Å²) in [4.78, 5) is 14.1. The zero-order valence-corrected chi connectivity index (χ0v) is 12.3. The van der Waals surface area contributed by atoms with Crippen LogP contribution in [0.25, 0.3) is 0 Å². The third kappa shape index (κ3) is 3.90. The highest BCUT2D eigenvalue weighted by molar-refractivity contribution is 7.07. The Labute approximate surface area is 123 Å². The molecule has 5 heteroatoms. The molecular formula is C15H19N3OS. The van der Waals surface area contributed by atoms with Crippen molar-refractivity contribution >= 4 is 17.2 Å². The number of hydrogen-bond acceptors (Lipinski definition) is 4. The van der Waals surface area contributed by atoms with E-state index in [1.165, 1.54) is 5.56 Å². The second-order valence-corrected chi connectivity index (χ2v) is 5.58. The minimum absolute atomic E-state index is 0.159. The van der Waals surface area contributed by atoms with Gasteiger partial charge in [0.15, 0.2) is 0 Å². The van der Waals surface area contributed by atoms with Crippen LogP contribution in [0.3, 0.4) is 0 Å². The molecule has 1 aromatic heterocycles. The van der Waals surface area contributed by atoms with Gasteiger partial charge in [-0.25, -0.2) is 5.84 Å². The number of nitrogens with zero attached hydrogens (tertiary/aromatic N) is 1. The van der Waals surface area contributed by atoms with Crippen LogP contribution in [0.4, 0.5) is 0 Å². The van der Waals surface area contributed by atoms with Crippen molar-refractivity contribution in [1.82, 2.24) is 10.3 Å². The average Bonchev–Trinajstić information content (AvgIpc) is 2.97. The lowest BCUT2D eigenvalue weighted by atomic mass is 9.98. The Morgan fingerprint density at radius 3 is 2.70 bits per heavy atom. The molecule has 0 aliphatic carbocycles. The van der Waals surface area contributed by atoms with E-state index in [0.29, 0.717) is 6.54 Å². The Bertz CT molecular complexity index is 527. The van der Waals surface area contributed by atoms with E-state index in [1.54, 1.807) is 11.3 Å². The molecular weight excluding hydrogens is 270 g/mol. The van der Waals surface area contributed by atoms with Crippen LogP contribution in [-0.2, 0) is 11.3 Å². The van der Waals surface area contributed by atoms with Gasteiger partial charge in [-0.2, -0.15) is 11.3 Å². The van der Waals surface area contributed by atoms with E-state index in [2.05, 4.69) is 27.2 Å². The number of nitrogens with one attached hydrogen (secondary N) is 1. The molecule has 0 radical (unpaired) electrons. The highest BCUT2D eigenvalue weighted by Gasteiger charge is 2.21. The fourth-order valence-electron chi connectivity index (χ4n) is 2.20. The standard InChI is InChI=1S/C15H19N3OS/c1-18(9-12-7-8-20-11-12)10-14(15(19)17-16)13-5-3-2-4-6-13/h2-8,11,14H,9-10,16H2,1H3,(H,17,19). The van der Waals surface area contributed by atoms with Gasteiger partial charge in [-0.3, -0.25) is 10.2 Å². The molecule has 0 fully saturated rings. The van der Waals surface area contributed by atoms with E-state index in [1.807, 2.05) is 37.4 Å². The predicted molar refractivity (Wildman–Crippen MR) is 82.2 cm³/mol. The molecule has 1 heterocycles. The van der Waals surface area contributed by atoms with Crippen molar-refractivity contribution in [2.45, 2.75) is 12.5 Å². The molecule has 1 atom stereocenters. The largest absolute Gasteiger partial charge is 0.301 e. The van der Waals surface area contributed by atoms with Gasteiger partial charge in [0, 0.05) is 13.1 Å². The van der Waals surface area contributed by atoms with Gasteiger partial charge in [0.25, 0.3) is 0 Å². The lowest BCUT2D eigenvalue weighted by Crippen LogP contribution is -2.39. The first kappa shape index (κ1) is 14.7. The monoisotopic (exact) mass is 289 g/mol. The van der Waals surface area contributed by atoms with Gasteiger partial charge in [-0.15, -0.1) is 0 Å². The molecule has 1 amide bonds. The molecule has 2 rings (SSSR count). The van der Waals surface area contributed by atoms with Crippen LogP contribution in [0.5, 0.6) is 0 Å². The SMILES string of the molecule is CN(Cc1ccsc1)CC(C(=O)NN)c1ccccc1. The zero-order chi connectivity index (χ0) is 14.4. The number of carbonyl (C=O) groups excluding carboxylic acids is 1. The van der Waals surface area contributed by atoms with Gasteiger partial charge in [-0.1, -0.05) is 30.3 Å². The number of amides is 1. The first-order valence-corrected chi connectivity index (χ1v) is 7.40. The lowest BCUT2D eigenvalue weighted by molar-refractivity contribution is -0.123. The molecule has 0 saturated heterocycles. The normalized spacial score (nSPS) is 12.3. The Balaban J connectivity index is 2.06. The maximum atomic E-state index is 12.0. The molecule has 0 bridgehead atoms. The van der Waals surface area contributed by atoms with Gasteiger partial charge < -0.3 is 4.90 Å². The van der Waals surface area contributed by atoms with E-state index < -0.39 is 0 Å². The summed E-state index contributed by atoms with van der Waals surface area (Å²) in [5.41, 5.74) is 4.51. The summed E-state index contributed by atoms with van der Waals surface area (Å²) in [6, 6.07) is 11.8. The van der Waals surface area contributed by atoms with Crippen LogP contribution < -0.4 is 11.3 Å². The number of rotatable bonds is 6. The summed E-state index contributed by atoms with van der Waals surface area (Å²) in [7, 11) is 2.01. The fourth-order valence-corrected chi connectivity index (χ4v) is 2.86. The second-order valence-electron chi connectivity index (χ2n) is 4.80. The summed E-state index contributed by atoms with van der Waals surface area (Å²) in [5.74, 6) is 4.89. The van der Waals surface area contributed by atoms with Gasteiger partial charge in [0.2, 0.25) is 5.91 Å². The molecule has 3 N–H and O–H groups in total. The maximum Gasteiger partial charge on any atom is 0.242 e. The molecule has 106 valence electrons. The van der Waals surface area contributed by atoms with E-state index in [9.17, 15) is 4.79 Å². The number of hydrogen-bond donors (Lipinski definition) is 2. The number of nitrogens with two attached hydrogens (primary N) is 1. The summed E-state index contributed by atoms with van der Waals surface area (Å²) in [6.07, 6.45) is 0. The van der Waals surface area contributed by atoms with Crippen molar-refractivity contribution in [1.29, 1.82) is 0 Å². The number of likely N-dealkylation sites (N-methyl/N-ethyl adjacent to an activating group) is 1. The van der Waals surface area contributed by atoms with Gasteiger partial charge in [0.1, 0.15) is 0 Å². The highest BCUT2D eigenvalue weighted by atomic mass is 32.1. The molecule has 0 aliphatic rings. The van der Waals surface area contributed by atoms with Crippen LogP contribution in [0.15, 0.2) is 47.2 Å². The van der Waals surface area contributed by atoms with Crippen molar-refractivity contribution in [2.75, 3.05) is 13.6 Å². The molecule has 2 aromatic rings. The Morgan fingerprint density at radius 1 is 1.35 bits per heavy atom. The number of benzene rings is 1. The topological polar surface area (TPSA) is 58.4 Å². The highest BCUT2D eigenvalue weighted by Crippen LogP contribution is 2.18. The number of hydrazine groups is 1. The predicted octanol–water partition coefficient (Wildman–Crippen LogP) is 1.95. The van der Waals surface area contributed by atoms with E-state index in [0.717, 1.165) is 12.1 Å². The summed E-state index contributed by atoms with van der Waals surface area (Å²) < 4.78 is 0. The molecule has 0 spiro atoms. The van der Waals surface area contributed by atoms with Gasteiger partial charge >= 0.3 is 0 Å². The Hall–Kier alpha value is -1.69. The third-order valence-corrected chi connectivity index (χ3v) is 3.92.